The molecular weight excluding hydrogens is 262 g/mol. The van der Waals surface area contributed by atoms with Gasteiger partial charge in [0.2, 0.25) is 0 Å². The van der Waals surface area contributed by atoms with Gasteiger partial charge in [-0.3, -0.25) is 9.69 Å². The van der Waals surface area contributed by atoms with Crippen molar-refractivity contribution in [2.45, 2.75) is 19.9 Å². The van der Waals surface area contributed by atoms with Crippen LogP contribution in [0.1, 0.15) is 24.2 Å². The first-order valence-corrected chi connectivity index (χ1v) is 6.95. The first-order chi connectivity index (χ1) is 8.99. The van der Waals surface area contributed by atoms with Crippen LogP contribution < -0.4 is 5.73 Å². The zero-order chi connectivity index (χ0) is 14.0. The third kappa shape index (κ3) is 3.19. The topological polar surface area (TPSA) is 49.6 Å². The predicted octanol–water partition coefficient (Wildman–Crippen LogP) is 2.09. The van der Waals surface area contributed by atoms with Gasteiger partial charge >= 0.3 is 0 Å². The van der Waals surface area contributed by atoms with Gasteiger partial charge in [0.05, 0.1) is 5.56 Å². The molecule has 1 saturated heterocycles. The van der Waals surface area contributed by atoms with Crippen LogP contribution in [0.3, 0.4) is 0 Å². The van der Waals surface area contributed by atoms with E-state index in [1.165, 1.54) is 0 Å². The van der Waals surface area contributed by atoms with Gasteiger partial charge in [0.1, 0.15) is 0 Å². The molecule has 104 valence electrons. The van der Waals surface area contributed by atoms with Crippen molar-refractivity contribution in [3.8, 4) is 0 Å². The number of carbonyl (C=O) groups excluding carboxylic acids is 1. The lowest BCUT2D eigenvalue weighted by molar-refractivity contribution is 0.0596. The molecule has 0 unspecified atom stereocenters. The Morgan fingerprint density at radius 2 is 1.89 bits per heavy atom. The van der Waals surface area contributed by atoms with Crippen molar-refractivity contribution in [2.24, 2.45) is 0 Å². The van der Waals surface area contributed by atoms with Crippen molar-refractivity contribution < 1.29 is 4.79 Å². The van der Waals surface area contributed by atoms with E-state index in [1.807, 2.05) is 4.90 Å². The second-order valence-corrected chi connectivity index (χ2v) is 5.59. The maximum Gasteiger partial charge on any atom is 0.256 e. The molecule has 1 aliphatic rings. The van der Waals surface area contributed by atoms with Gasteiger partial charge in [-0.15, -0.1) is 0 Å². The Balaban J connectivity index is 2.05. The van der Waals surface area contributed by atoms with Crippen molar-refractivity contribution in [1.29, 1.82) is 0 Å². The molecular formula is C14H20ClN3O. The van der Waals surface area contributed by atoms with Crippen LogP contribution in [0.25, 0.3) is 0 Å². The summed E-state index contributed by atoms with van der Waals surface area (Å²) in [6.45, 7) is 7.68. The van der Waals surface area contributed by atoms with E-state index in [2.05, 4.69) is 18.7 Å². The van der Waals surface area contributed by atoms with Gasteiger partial charge < -0.3 is 10.6 Å². The minimum atomic E-state index is -0.00225. The van der Waals surface area contributed by atoms with Gasteiger partial charge in [-0.2, -0.15) is 0 Å². The number of rotatable bonds is 2. The summed E-state index contributed by atoms with van der Waals surface area (Å²) >= 11 is 5.85. The Morgan fingerprint density at radius 3 is 2.42 bits per heavy atom. The molecule has 2 rings (SSSR count). The number of nitrogen functional groups attached to an aromatic ring is 1. The summed E-state index contributed by atoms with van der Waals surface area (Å²) in [6, 6.07) is 5.56. The molecule has 0 atom stereocenters. The molecule has 2 N–H and O–H groups in total. The third-order valence-electron chi connectivity index (χ3n) is 3.58. The maximum atomic E-state index is 12.4. The highest BCUT2D eigenvalue weighted by Crippen LogP contribution is 2.20. The number of hydrogen-bond donors (Lipinski definition) is 1. The zero-order valence-electron chi connectivity index (χ0n) is 11.4. The Labute approximate surface area is 119 Å². The summed E-state index contributed by atoms with van der Waals surface area (Å²) < 4.78 is 0. The SMILES string of the molecule is CC(C)N1CCN(C(=O)c2ccc(Cl)cc2N)CC1. The standard InChI is InChI=1S/C14H20ClN3O/c1-10(2)17-5-7-18(8-6-17)14(19)12-4-3-11(15)9-13(12)16/h3-4,9-10H,5-8,16H2,1-2H3. The van der Waals surface area contributed by atoms with Crippen LogP contribution in [-0.2, 0) is 0 Å². The number of anilines is 1. The van der Waals surface area contributed by atoms with Gasteiger partial charge in [-0.25, -0.2) is 0 Å². The van der Waals surface area contributed by atoms with Gasteiger partial charge in [0.15, 0.2) is 0 Å². The monoisotopic (exact) mass is 281 g/mol. The number of nitrogens with two attached hydrogens (primary N) is 1. The number of nitrogens with zero attached hydrogens (tertiary/aromatic N) is 2. The highest BCUT2D eigenvalue weighted by atomic mass is 35.5. The zero-order valence-corrected chi connectivity index (χ0v) is 12.2. The molecule has 0 aliphatic carbocycles. The molecule has 5 heteroatoms. The van der Waals surface area contributed by atoms with Crippen LogP contribution in [0.4, 0.5) is 5.69 Å². The average Bonchev–Trinajstić information content (AvgIpc) is 2.38. The van der Waals surface area contributed by atoms with Crippen LogP contribution in [0, 0.1) is 0 Å². The van der Waals surface area contributed by atoms with E-state index in [0.29, 0.717) is 22.3 Å². The van der Waals surface area contributed by atoms with E-state index in [9.17, 15) is 4.79 Å². The first-order valence-electron chi connectivity index (χ1n) is 6.57. The number of carbonyl (C=O) groups is 1. The van der Waals surface area contributed by atoms with E-state index in [-0.39, 0.29) is 5.91 Å². The van der Waals surface area contributed by atoms with Crippen LogP contribution in [0.2, 0.25) is 5.02 Å². The lowest BCUT2D eigenvalue weighted by Crippen LogP contribution is -2.50. The summed E-state index contributed by atoms with van der Waals surface area (Å²) in [7, 11) is 0. The Hall–Kier alpha value is -1.26. The molecule has 1 fully saturated rings. The quantitative estimate of drug-likeness (QED) is 0.845. The first kappa shape index (κ1) is 14.2. The summed E-state index contributed by atoms with van der Waals surface area (Å²) in [4.78, 5) is 16.6. The number of piperazine rings is 1. The van der Waals surface area contributed by atoms with Crippen LogP contribution >= 0.6 is 11.6 Å². The Kier molecular flexibility index (Phi) is 4.32. The van der Waals surface area contributed by atoms with E-state index < -0.39 is 0 Å². The fraction of sp³-hybridized carbons (Fsp3) is 0.500. The lowest BCUT2D eigenvalue weighted by atomic mass is 10.1. The maximum absolute atomic E-state index is 12.4. The van der Waals surface area contributed by atoms with Gasteiger partial charge in [-0.1, -0.05) is 11.6 Å². The second-order valence-electron chi connectivity index (χ2n) is 5.15. The molecule has 0 aromatic heterocycles. The number of halogens is 1. The normalized spacial score (nSPS) is 16.9. The molecule has 1 aromatic carbocycles. The van der Waals surface area contributed by atoms with Crippen molar-refractivity contribution in [3.63, 3.8) is 0 Å². The van der Waals surface area contributed by atoms with Gasteiger partial charge in [0, 0.05) is 42.9 Å². The smallest absolute Gasteiger partial charge is 0.256 e. The van der Waals surface area contributed by atoms with Crippen molar-refractivity contribution >= 4 is 23.2 Å². The van der Waals surface area contributed by atoms with E-state index in [4.69, 9.17) is 17.3 Å². The van der Waals surface area contributed by atoms with Crippen molar-refractivity contribution in [1.82, 2.24) is 9.80 Å². The van der Waals surface area contributed by atoms with Crippen LogP contribution in [-0.4, -0.2) is 47.9 Å². The summed E-state index contributed by atoms with van der Waals surface area (Å²) in [5.74, 6) is -0.00225. The number of amides is 1. The Morgan fingerprint density at radius 1 is 1.26 bits per heavy atom. The van der Waals surface area contributed by atoms with E-state index in [1.54, 1.807) is 18.2 Å². The highest BCUT2D eigenvalue weighted by Gasteiger charge is 2.24. The molecule has 4 nitrogen and oxygen atoms in total. The highest BCUT2D eigenvalue weighted by molar-refractivity contribution is 6.31. The summed E-state index contributed by atoms with van der Waals surface area (Å²) in [5.41, 5.74) is 6.85. The number of benzene rings is 1. The molecule has 1 heterocycles. The molecule has 1 aliphatic heterocycles. The third-order valence-corrected chi connectivity index (χ3v) is 3.81. The summed E-state index contributed by atoms with van der Waals surface area (Å²) in [6.07, 6.45) is 0. The second kappa shape index (κ2) is 5.80. The average molecular weight is 282 g/mol. The molecule has 0 spiro atoms. The molecule has 1 aromatic rings. The van der Waals surface area contributed by atoms with Crippen LogP contribution in [0.15, 0.2) is 18.2 Å². The minimum Gasteiger partial charge on any atom is -0.398 e. The molecule has 0 bridgehead atoms. The van der Waals surface area contributed by atoms with Crippen molar-refractivity contribution in [3.05, 3.63) is 28.8 Å². The molecule has 19 heavy (non-hydrogen) atoms. The predicted molar refractivity (Wildman–Crippen MR) is 78.5 cm³/mol. The Bertz CT molecular complexity index is 468. The molecule has 0 radical (unpaired) electrons. The molecule has 1 amide bonds. The van der Waals surface area contributed by atoms with Gasteiger partial charge in [-0.05, 0) is 32.0 Å². The fourth-order valence-electron chi connectivity index (χ4n) is 2.34. The largest absolute Gasteiger partial charge is 0.398 e. The van der Waals surface area contributed by atoms with E-state index >= 15 is 0 Å². The lowest BCUT2D eigenvalue weighted by Gasteiger charge is -2.37. The van der Waals surface area contributed by atoms with Crippen LogP contribution in [0.5, 0.6) is 0 Å². The van der Waals surface area contributed by atoms with Crippen molar-refractivity contribution in [2.75, 3.05) is 31.9 Å². The minimum absolute atomic E-state index is 0.00225. The fourth-order valence-corrected chi connectivity index (χ4v) is 2.52. The van der Waals surface area contributed by atoms with E-state index in [0.717, 1.165) is 26.2 Å². The molecule has 0 saturated carbocycles. The number of hydrogen-bond acceptors (Lipinski definition) is 3. The summed E-state index contributed by atoms with van der Waals surface area (Å²) in [5, 5.41) is 0.554. The van der Waals surface area contributed by atoms with Gasteiger partial charge in [0.25, 0.3) is 5.91 Å².